The molecule has 0 fully saturated rings. The third-order valence-electron chi connectivity index (χ3n) is 5.85. The van der Waals surface area contributed by atoms with Crippen LogP contribution in [-0.4, -0.2) is 23.8 Å². The average Bonchev–Trinajstić information content (AvgIpc) is 3.18. The number of ether oxygens (including phenoxy) is 2. The smallest absolute Gasteiger partial charge is 0.411 e. The Morgan fingerprint density at radius 3 is 2.06 bits per heavy atom. The number of carbonyl (C=O) groups excluding carboxylic acids is 1. The molecule has 0 radical (unpaired) electrons. The summed E-state index contributed by atoms with van der Waals surface area (Å²) in [6.45, 7) is 0.125. The second kappa shape index (κ2) is 9.52. The van der Waals surface area contributed by atoms with Crippen molar-refractivity contribution in [3.63, 3.8) is 0 Å². The topological polar surface area (TPSA) is 84.9 Å². The Bertz CT molecular complexity index is 1370. The Balaban J connectivity index is 1.29. The fourth-order valence-electron chi connectivity index (χ4n) is 4.26. The lowest BCUT2D eigenvalue weighted by atomic mass is 9.98. The molecule has 174 valence electrons. The Hall–Kier alpha value is -4.29. The van der Waals surface area contributed by atoms with Crippen molar-refractivity contribution in [2.45, 2.75) is 5.92 Å². The largest absolute Gasteiger partial charge is 0.478 e. The van der Waals surface area contributed by atoms with E-state index in [1.807, 2.05) is 36.4 Å². The molecular formula is C28H20ClNO5. The molecule has 1 aliphatic carbocycles. The number of anilines is 1. The van der Waals surface area contributed by atoms with Crippen LogP contribution < -0.4 is 10.1 Å². The minimum Gasteiger partial charge on any atom is -0.478 e. The molecule has 0 saturated carbocycles. The van der Waals surface area contributed by atoms with Gasteiger partial charge in [-0.25, -0.2) is 9.59 Å². The predicted octanol–water partition coefficient (Wildman–Crippen LogP) is 7.19. The number of carboxylic acids is 1. The number of nitrogens with one attached hydrogen (secondary N) is 1. The van der Waals surface area contributed by atoms with E-state index in [2.05, 4.69) is 17.4 Å². The van der Waals surface area contributed by atoms with Gasteiger partial charge in [0.15, 0.2) is 0 Å². The van der Waals surface area contributed by atoms with Gasteiger partial charge in [-0.1, -0.05) is 60.1 Å². The maximum absolute atomic E-state index is 12.6. The molecule has 4 aromatic carbocycles. The van der Waals surface area contributed by atoms with Gasteiger partial charge < -0.3 is 14.6 Å². The number of hydrogen-bond acceptors (Lipinski definition) is 4. The van der Waals surface area contributed by atoms with Crippen LogP contribution in [0.25, 0.3) is 11.1 Å². The molecular weight excluding hydrogens is 466 g/mol. The van der Waals surface area contributed by atoms with E-state index in [-0.39, 0.29) is 23.8 Å². The first-order chi connectivity index (χ1) is 17.0. The number of hydrogen-bond donors (Lipinski definition) is 2. The minimum atomic E-state index is -1.21. The van der Waals surface area contributed by atoms with Crippen LogP contribution in [0.1, 0.15) is 27.4 Å². The van der Waals surface area contributed by atoms with E-state index in [4.69, 9.17) is 21.1 Å². The number of halogens is 1. The maximum atomic E-state index is 12.6. The van der Waals surface area contributed by atoms with Crippen molar-refractivity contribution in [2.24, 2.45) is 0 Å². The number of rotatable bonds is 6. The van der Waals surface area contributed by atoms with Gasteiger partial charge in [-0.3, -0.25) is 5.32 Å². The van der Waals surface area contributed by atoms with Gasteiger partial charge in [0.05, 0.1) is 11.3 Å². The molecule has 0 heterocycles. The lowest BCUT2D eigenvalue weighted by Gasteiger charge is -2.15. The van der Waals surface area contributed by atoms with E-state index in [1.54, 1.807) is 30.3 Å². The van der Waals surface area contributed by atoms with Crippen molar-refractivity contribution in [2.75, 3.05) is 11.9 Å². The summed E-state index contributed by atoms with van der Waals surface area (Å²) in [7, 11) is 0. The van der Waals surface area contributed by atoms with Crippen molar-refractivity contribution in [1.82, 2.24) is 0 Å². The highest BCUT2D eigenvalue weighted by molar-refractivity contribution is 6.30. The molecule has 0 aliphatic heterocycles. The second-order valence-corrected chi connectivity index (χ2v) is 8.46. The van der Waals surface area contributed by atoms with Crippen molar-refractivity contribution in [1.29, 1.82) is 0 Å². The number of amides is 1. The normalized spacial score (nSPS) is 11.9. The SMILES string of the molecule is O=C(Nc1ccc(Oc2ccc(Cl)cc2)cc1C(=O)O)OCC1c2ccccc2-c2ccccc21. The molecule has 0 saturated heterocycles. The first-order valence-electron chi connectivity index (χ1n) is 10.9. The van der Waals surface area contributed by atoms with E-state index in [1.165, 1.54) is 12.1 Å². The van der Waals surface area contributed by atoms with Crippen LogP contribution in [-0.2, 0) is 4.74 Å². The van der Waals surface area contributed by atoms with Crippen LogP contribution in [0.5, 0.6) is 11.5 Å². The van der Waals surface area contributed by atoms with Crippen LogP contribution in [0.4, 0.5) is 10.5 Å². The van der Waals surface area contributed by atoms with Crippen LogP contribution in [0.2, 0.25) is 5.02 Å². The van der Waals surface area contributed by atoms with E-state index in [0.29, 0.717) is 16.5 Å². The maximum Gasteiger partial charge on any atom is 0.411 e. The highest BCUT2D eigenvalue weighted by Gasteiger charge is 2.29. The summed E-state index contributed by atoms with van der Waals surface area (Å²) < 4.78 is 11.2. The number of aromatic carboxylic acids is 1. The quantitative estimate of drug-likeness (QED) is 0.302. The molecule has 1 amide bonds. The third-order valence-corrected chi connectivity index (χ3v) is 6.10. The Morgan fingerprint density at radius 2 is 1.43 bits per heavy atom. The summed E-state index contributed by atoms with van der Waals surface area (Å²) in [5, 5.41) is 12.8. The van der Waals surface area contributed by atoms with E-state index < -0.39 is 12.1 Å². The zero-order valence-electron chi connectivity index (χ0n) is 18.4. The Labute approximate surface area is 206 Å². The Morgan fingerprint density at radius 1 is 0.829 bits per heavy atom. The lowest BCUT2D eigenvalue weighted by Crippen LogP contribution is -2.19. The third kappa shape index (κ3) is 4.69. The molecule has 4 aromatic rings. The van der Waals surface area contributed by atoms with Gasteiger partial charge in [0.25, 0.3) is 0 Å². The van der Waals surface area contributed by atoms with Crippen LogP contribution in [0.15, 0.2) is 91.0 Å². The average molecular weight is 486 g/mol. The molecule has 0 spiro atoms. The second-order valence-electron chi connectivity index (χ2n) is 8.02. The van der Waals surface area contributed by atoms with Crippen LogP contribution in [0.3, 0.4) is 0 Å². The molecule has 0 unspecified atom stereocenters. The van der Waals surface area contributed by atoms with Gasteiger partial charge >= 0.3 is 12.1 Å². The first kappa shape index (κ1) is 22.5. The summed E-state index contributed by atoms with van der Waals surface area (Å²) in [6, 6.07) is 27.1. The van der Waals surface area contributed by atoms with E-state index >= 15 is 0 Å². The summed E-state index contributed by atoms with van der Waals surface area (Å²) in [4.78, 5) is 24.4. The monoisotopic (exact) mass is 485 g/mol. The zero-order chi connectivity index (χ0) is 24.4. The van der Waals surface area contributed by atoms with E-state index in [0.717, 1.165) is 22.3 Å². The van der Waals surface area contributed by atoms with Crippen LogP contribution in [0, 0.1) is 0 Å². The van der Waals surface area contributed by atoms with Crippen molar-refractivity contribution in [3.05, 3.63) is 113 Å². The molecule has 6 nitrogen and oxygen atoms in total. The van der Waals surface area contributed by atoms with Gasteiger partial charge in [-0.2, -0.15) is 0 Å². The molecule has 7 heteroatoms. The molecule has 35 heavy (non-hydrogen) atoms. The minimum absolute atomic E-state index is 0.0951. The zero-order valence-corrected chi connectivity index (χ0v) is 19.2. The predicted molar refractivity (Wildman–Crippen MR) is 134 cm³/mol. The lowest BCUT2D eigenvalue weighted by molar-refractivity contribution is 0.0697. The van der Waals surface area contributed by atoms with Gasteiger partial charge in [-0.05, 0) is 64.7 Å². The van der Waals surface area contributed by atoms with Crippen molar-refractivity contribution in [3.8, 4) is 22.6 Å². The van der Waals surface area contributed by atoms with E-state index in [9.17, 15) is 14.7 Å². The molecule has 1 aliphatic rings. The number of benzene rings is 4. The van der Waals surface area contributed by atoms with Gasteiger partial charge in [0.2, 0.25) is 0 Å². The highest BCUT2D eigenvalue weighted by Crippen LogP contribution is 2.44. The molecule has 5 rings (SSSR count). The molecule has 0 aromatic heterocycles. The molecule has 2 N–H and O–H groups in total. The first-order valence-corrected chi connectivity index (χ1v) is 11.3. The van der Waals surface area contributed by atoms with Gasteiger partial charge in [-0.15, -0.1) is 0 Å². The fourth-order valence-corrected chi connectivity index (χ4v) is 4.38. The molecule has 0 bridgehead atoms. The fraction of sp³-hybridized carbons (Fsp3) is 0.0714. The van der Waals surface area contributed by atoms with Crippen molar-refractivity contribution >= 4 is 29.4 Å². The van der Waals surface area contributed by atoms with Crippen molar-refractivity contribution < 1.29 is 24.2 Å². The Kier molecular flexibility index (Phi) is 6.12. The number of carboxylic acid groups (broad SMARTS) is 1. The summed E-state index contributed by atoms with van der Waals surface area (Å²) in [5.74, 6) is -0.492. The standard InChI is InChI=1S/C28H20ClNO5/c29-17-9-11-18(12-10-17)35-19-13-14-26(24(15-19)27(31)32)30-28(33)34-16-25-22-7-3-1-5-20(22)21-6-2-4-8-23(21)25/h1-15,25H,16H2,(H,30,33)(H,31,32). The van der Waals surface area contributed by atoms with Gasteiger partial charge in [0.1, 0.15) is 18.1 Å². The summed E-state index contributed by atoms with van der Waals surface area (Å²) in [5.41, 5.74) is 4.43. The summed E-state index contributed by atoms with van der Waals surface area (Å²) >= 11 is 5.88. The number of carbonyl (C=O) groups is 2. The number of fused-ring (bicyclic) bond motifs is 3. The molecule has 0 atom stereocenters. The highest BCUT2D eigenvalue weighted by atomic mass is 35.5. The summed E-state index contributed by atoms with van der Waals surface area (Å²) in [6.07, 6.45) is -0.735. The van der Waals surface area contributed by atoms with Crippen LogP contribution >= 0.6 is 11.6 Å². The van der Waals surface area contributed by atoms with Gasteiger partial charge in [0, 0.05) is 10.9 Å².